The predicted octanol–water partition coefficient (Wildman–Crippen LogP) is 2.34. The summed E-state index contributed by atoms with van der Waals surface area (Å²) >= 11 is 0. The number of hydrogen-bond donors (Lipinski definition) is 6. The minimum absolute atomic E-state index is 0.00666. The van der Waals surface area contributed by atoms with E-state index in [-0.39, 0.29) is 77.5 Å². The second-order valence-corrected chi connectivity index (χ2v) is 19.2. The second kappa shape index (κ2) is 17.3. The van der Waals surface area contributed by atoms with Crippen LogP contribution in [0, 0.1) is 0 Å². The molecule has 1 aromatic carbocycles. The number of halogens is 1. The molecule has 0 amide bonds. The second-order valence-electron chi connectivity index (χ2n) is 14.8. The summed E-state index contributed by atoms with van der Waals surface area (Å²) in [4.78, 5) is 24.9. The van der Waals surface area contributed by atoms with Crippen molar-refractivity contribution < 1.29 is 61.4 Å². The number of nitrogens with two attached hydrogens (primary N) is 2. The molecule has 8 N–H and O–H groups in total. The summed E-state index contributed by atoms with van der Waals surface area (Å²) in [5.74, 6) is 0.157. The van der Waals surface area contributed by atoms with E-state index in [1.165, 1.54) is 42.5 Å². The molecule has 61 heavy (non-hydrogen) atoms. The summed E-state index contributed by atoms with van der Waals surface area (Å²) in [6.45, 7) is 4.86. The lowest BCUT2D eigenvalue weighted by Gasteiger charge is -2.27. The van der Waals surface area contributed by atoms with Crippen LogP contribution in [0.25, 0.3) is 22.3 Å². The molecule has 2 aliphatic heterocycles. The number of para-hydroxylation sites is 1. The van der Waals surface area contributed by atoms with Gasteiger partial charge in [0.2, 0.25) is 23.7 Å². The first-order valence-corrected chi connectivity index (χ1v) is 22.9. The molecule has 7 rings (SSSR count). The molecule has 6 heterocycles. The summed E-state index contributed by atoms with van der Waals surface area (Å²) in [5.41, 5.74) is 8.16. The number of aliphatic hydroxyl groups is 3. The van der Waals surface area contributed by atoms with E-state index < -0.39 is 76.5 Å². The zero-order valence-corrected chi connectivity index (χ0v) is 35.6. The van der Waals surface area contributed by atoms with E-state index >= 15 is 4.39 Å². The molecule has 332 valence electrons. The number of benzene rings is 1. The number of fused-ring (bicyclic) bond motifs is 2. The molecule has 5 aromatic rings. The molecule has 2 saturated heterocycles. The van der Waals surface area contributed by atoms with Crippen molar-refractivity contribution >= 4 is 49.3 Å². The third-order valence-electron chi connectivity index (χ3n) is 10.2. The van der Waals surface area contributed by atoms with E-state index in [2.05, 4.69) is 35.0 Å². The van der Waals surface area contributed by atoms with Gasteiger partial charge in [-0.1, -0.05) is 18.2 Å². The molecule has 10 atom stereocenters. The van der Waals surface area contributed by atoms with Crippen molar-refractivity contribution in [2.45, 2.75) is 75.3 Å². The number of rotatable bonds is 18. The fourth-order valence-electron chi connectivity index (χ4n) is 7.05. The molecule has 2 unspecified atom stereocenters. The van der Waals surface area contributed by atoms with E-state index in [9.17, 15) is 24.4 Å². The molecule has 23 nitrogen and oxygen atoms in total. The highest BCUT2D eigenvalue weighted by atomic mass is 31.2. The third kappa shape index (κ3) is 9.01. The van der Waals surface area contributed by atoms with Gasteiger partial charge in [-0.15, -0.1) is 0 Å². The number of alkyl halides is 1. The predicted molar refractivity (Wildman–Crippen MR) is 215 cm³/mol. The zero-order chi connectivity index (χ0) is 43.9. The van der Waals surface area contributed by atoms with Crippen LogP contribution in [0.3, 0.4) is 0 Å². The van der Waals surface area contributed by atoms with Crippen LogP contribution in [-0.4, -0.2) is 136 Å². The highest BCUT2D eigenvalue weighted by molar-refractivity contribution is 7.56. The topological polar surface area (TPSA) is 311 Å². The lowest BCUT2D eigenvalue weighted by Crippen LogP contribution is -2.44. The Balaban J connectivity index is 0.972. The number of aromatic nitrogens is 8. The maximum atomic E-state index is 16.3. The third-order valence-corrected chi connectivity index (χ3v) is 13.5. The summed E-state index contributed by atoms with van der Waals surface area (Å²) in [7, 11) is -6.29. The highest BCUT2D eigenvalue weighted by Gasteiger charge is 2.56. The highest BCUT2D eigenvalue weighted by Crippen LogP contribution is 2.51. The number of nitrogens with one attached hydrogen (secondary N) is 1. The van der Waals surface area contributed by atoms with Gasteiger partial charge in [0.1, 0.15) is 35.8 Å². The normalized spacial score (nSPS) is 28.5. The average Bonchev–Trinajstić information content (AvgIpc) is 3.93. The van der Waals surface area contributed by atoms with Crippen molar-refractivity contribution in [2.24, 2.45) is 0 Å². The van der Waals surface area contributed by atoms with Gasteiger partial charge in [-0.2, -0.15) is 19.9 Å². The number of methoxy groups -OCH3 is 1. The molecule has 0 saturated carbocycles. The van der Waals surface area contributed by atoms with E-state index in [1.54, 1.807) is 37.3 Å². The summed E-state index contributed by atoms with van der Waals surface area (Å²) < 4.78 is 86.8. The maximum Gasteiger partial charge on any atom is 0.379 e. The fraction of sp³-hybridized carbons (Fsp3) is 0.543. The Labute approximate surface area is 347 Å². The molecule has 0 bridgehead atoms. The van der Waals surface area contributed by atoms with Crippen LogP contribution in [-0.2, 0) is 27.7 Å². The van der Waals surface area contributed by atoms with Crippen LogP contribution < -0.4 is 30.6 Å². The van der Waals surface area contributed by atoms with Gasteiger partial charge in [0.15, 0.2) is 40.5 Å². The zero-order valence-electron chi connectivity index (χ0n) is 33.8. The molecular weight excluding hydrogens is 847 g/mol. The molecule has 26 heteroatoms. The van der Waals surface area contributed by atoms with Crippen molar-refractivity contribution in [3.8, 4) is 17.5 Å². The Morgan fingerprint density at radius 2 is 1.46 bits per heavy atom. The first kappa shape index (κ1) is 44.4. The van der Waals surface area contributed by atoms with Gasteiger partial charge in [0.25, 0.3) is 7.52 Å². The van der Waals surface area contributed by atoms with Crippen LogP contribution >= 0.6 is 15.1 Å². The smallest absolute Gasteiger partial charge is 0.379 e. The standard InChI is InChI=1S/C35H48FN11O12P2/c1-6-54-29-23-27(43-33(38)45-29)46(17-40-23)30-34(2,36)24(48)20(57-30)16-56-61(52,59-19-11-8-7-9-12-19)14-10-13-41-60(5,51)55-15-21-25(49)35(3,50)31(58-21)47-18-39-22-26(47)42-32(37)44-28(22)53-4/h7-9,11-12,17-18,20-21,24-25,30-31,48-50H,6,10,13-16H2,1-5H3,(H,41,51)(H2,37,42,44)(H2,38,43,45)/t20-,21-,24-,25-,30-,31-,34-,35-,60?,61?/m1/s1. The van der Waals surface area contributed by atoms with Gasteiger partial charge in [-0.25, -0.2) is 24.0 Å². The van der Waals surface area contributed by atoms with Crippen molar-refractivity contribution in [2.75, 3.05) is 57.8 Å². The summed E-state index contributed by atoms with van der Waals surface area (Å²) in [5, 5.41) is 36.3. The van der Waals surface area contributed by atoms with Crippen LogP contribution in [0.1, 0.15) is 39.6 Å². The summed E-state index contributed by atoms with van der Waals surface area (Å²) in [6.07, 6.45) is -5.94. The average molecular weight is 896 g/mol. The Morgan fingerprint density at radius 3 is 2.10 bits per heavy atom. The lowest BCUT2D eigenvalue weighted by molar-refractivity contribution is -0.0947. The van der Waals surface area contributed by atoms with Gasteiger partial charge in [0, 0.05) is 13.2 Å². The molecule has 2 aliphatic rings. The maximum absolute atomic E-state index is 16.3. The largest absolute Gasteiger partial charge is 0.479 e. The Hall–Kier alpha value is -4.61. The molecule has 2 fully saturated rings. The van der Waals surface area contributed by atoms with Gasteiger partial charge in [0.05, 0.1) is 45.7 Å². The number of imidazole rings is 2. The van der Waals surface area contributed by atoms with Crippen molar-refractivity contribution in [1.82, 2.24) is 44.1 Å². The monoisotopic (exact) mass is 895 g/mol. The first-order chi connectivity index (χ1) is 28.9. The number of ether oxygens (including phenoxy) is 4. The molecule has 0 spiro atoms. The van der Waals surface area contributed by atoms with Gasteiger partial charge in [-0.3, -0.25) is 18.2 Å². The van der Waals surface area contributed by atoms with Gasteiger partial charge >= 0.3 is 7.60 Å². The summed E-state index contributed by atoms with van der Waals surface area (Å²) in [6, 6.07) is 8.22. The minimum atomic E-state index is -4.07. The Bertz CT molecular complexity index is 2440. The van der Waals surface area contributed by atoms with Crippen LogP contribution in [0.15, 0.2) is 43.0 Å². The quantitative estimate of drug-likeness (QED) is 0.0543. The van der Waals surface area contributed by atoms with Gasteiger partial charge < -0.3 is 54.8 Å². The van der Waals surface area contributed by atoms with Crippen LogP contribution in [0.2, 0.25) is 0 Å². The molecule has 0 aliphatic carbocycles. The van der Waals surface area contributed by atoms with Crippen molar-refractivity contribution in [1.29, 1.82) is 0 Å². The molecule has 4 aromatic heterocycles. The van der Waals surface area contributed by atoms with E-state index in [0.717, 1.165) is 6.92 Å². The first-order valence-electron chi connectivity index (χ1n) is 19.1. The number of nitrogen functional groups attached to an aromatic ring is 2. The van der Waals surface area contributed by atoms with Crippen LogP contribution in [0.4, 0.5) is 16.3 Å². The van der Waals surface area contributed by atoms with E-state index in [1.807, 2.05) is 0 Å². The minimum Gasteiger partial charge on any atom is -0.479 e. The van der Waals surface area contributed by atoms with Crippen molar-refractivity contribution in [3.05, 3.63) is 43.0 Å². The van der Waals surface area contributed by atoms with Crippen LogP contribution in [0.5, 0.6) is 17.5 Å². The molecular formula is C35H48FN11O12P2. The number of anilines is 2. The van der Waals surface area contributed by atoms with Gasteiger partial charge in [-0.05, 0) is 39.3 Å². The van der Waals surface area contributed by atoms with Crippen molar-refractivity contribution in [3.63, 3.8) is 0 Å². The number of nitrogens with zero attached hydrogens (tertiary/aromatic N) is 8. The Morgan fingerprint density at radius 1 is 0.885 bits per heavy atom. The van der Waals surface area contributed by atoms with E-state index in [0.29, 0.717) is 0 Å². The Kier molecular flexibility index (Phi) is 12.6. The number of hydrogen-bond acceptors (Lipinski definition) is 20. The fourth-order valence-corrected chi connectivity index (χ4v) is 9.77. The van der Waals surface area contributed by atoms with E-state index in [4.69, 9.17) is 44.0 Å². The molecule has 0 radical (unpaired) electrons. The SMILES string of the molecule is CCOc1nc(N)nc2c1ncn2[C@@H]1O[C@H](COP(=O)(CCCNP(C)(=O)OC[C@H]2O[C@@H](n3cnc4c(OC)nc(N)nc43)[C@](C)(O)[C@@H]2O)Oc2ccccc2)[C@@H](O)[C@@]1(C)F. The lowest BCUT2D eigenvalue weighted by atomic mass is 9.96. The number of aliphatic hydroxyl groups excluding tert-OH is 2.